The second-order valence-corrected chi connectivity index (χ2v) is 9.42. The van der Waals surface area contributed by atoms with Crippen molar-refractivity contribution < 1.29 is 4.74 Å². The Labute approximate surface area is 178 Å². The van der Waals surface area contributed by atoms with Crippen molar-refractivity contribution in [2.75, 3.05) is 0 Å². The summed E-state index contributed by atoms with van der Waals surface area (Å²) in [5.74, 6) is 1.17. The van der Waals surface area contributed by atoms with E-state index in [4.69, 9.17) is 4.74 Å². The van der Waals surface area contributed by atoms with E-state index in [2.05, 4.69) is 46.8 Å². The van der Waals surface area contributed by atoms with Gasteiger partial charge in [-0.05, 0) is 119 Å². The highest BCUT2D eigenvalue weighted by atomic mass is 16.5. The Bertz CT molecular complexity index is 875. The molecule has 0 aromatic rings. The molecule has 0 aromatic carbocycles. The van der Waals surface area contributed by atoms with Crippen molar-refractivity contribution in [3.05, 3.63) is 68.1 Å². The number of rotatable bonds is 5. The zero-order chi connectivity index (χ0) is 20.5. The smallest absolute Gasteiger partial charge is 0.123 e. The molecule has 1 fully saturated rings. The first-order valence-corrected chi connectivity index (χ1v) is 11.9. The molecule has 0 aliphatic heterocycles. The lowest BCUT2D eigenvalue weighted by molar-refractivity contribution is 0.127. The zero-order valence-electron chi connectivity index (χ0n) is 19.2. The molecule has 0 aromatic heterocycles. The maximum atomic E-state index is 6.71. The first-order chi connectivity index (χ1) is 14.0. The molecule has 0 radical (unpaired) electrons. The fraction of sp³-hybridized carbons (Fsp3) is 0.571. The maximum Gasteiger partial charge on any atom is 0.123 e. The van der Waals surface area contributed by atoms with Gasteiger partial charge in [0.25, 0.3) is 0 Å². The van der Waals surface area contributed by atoms with Crippen LogP contribution in [0.1, 0.15) is 98.8 Å². The van der Waals surface area contributed by atoms with Crippen molar-refractivity contribution in [2.24, 2.45) is 0 Å². The van der Waals surface area contributed by atoms with Crippen molar-refractivity contribution in [3.8, 4) is 0 Å². The van der Waals surface area contributed by atoms with Gasteiger partial charge in [0.2, 0.25) is 0 Å². The van der Waals surface area contributed by atoms with E-state index >= 15 is 0 Å². The Balaban J connectivity index is 1.84. The second-order valence-electron chi connectivity index (χ2n) is 9.42. The van der Waals surface area contributed by atoms with E-state index in [1.165, 1.54) is 72.1 Å². The molecule has 1 heteroatoms. The van der Waals surface area contributed by atoms with Gasteiger partial charge in [0, 0.05) is 0 Å². The Morgan fingerprint density at radius 3 is 2.38 bits per heavy atom. The Morgan fingerprint density at radius 1 is 0.931 bits per heavy atom. The molecule has 0 N–H and O–H groups in total. The van der Waals surface area contributed by atoms with Gasteiger partial charge in [-0.3, -0.25) is 0 Å². The third kappa shape index (κ3) is 3.86. The summed E-state index contributed by atoms with van der Waals surface area (Å²) in [6.45, 7) is 11.6. The quantitative estimate of drug-likeness (QED) is 0.457. The summed E-state index contributed by atoms with van der Waals surface area (Å²) in [5.41, 5.74) is 13.8. The molecular formula is C28H38O. The molecule has 29 heavy (non-hydrogen) atoms. The molecule has 0 heterocycles. The molecule has 0 bridgehead atoms. The fourth-order valence-electron chi connectivity index (χ4n) is 5.79. The molecule has 0 amide bonds. The van der Waals surface area contributed by atoms with Gasteiger partial charge in [-0.15, -0.1) is 0 Å². The summed E-state index contributed by atoms with van der Waals surface area (Å²) in [7, 11) is 0. The number of allylic oxidation sites excluding steroid dienone is 11. The summed E-state index contributed by atoms with van der Waals surface area (Å²) in [6, 6.07) is 0. The van der Waals surface area contributed by atoms with E-state index in [0.717, 1.165) is 25.7 Å². The Hall–Kier alpha value is -1.76. The minimum Gasteiger partial charge on any atom is -0.490 e. The van der Waals surface area contributed by atoms with Crippen molar-refractivity contribution >= 4 is 0 Å². The van der Waals surface area contributed by atoms with Crippen molar-refractivity contribution in [2.45, 2.75) is 105 Å². The zero-order valence-corrected chi connectivity index (χ0v) is 19.2. The molecule has 156 valence electrons. The van der Waals surface area contributed by atoms with Crippen LogP contribution in [0.5, 0.6) is 0 Å². The molecule has 0 unspecified atom stereocenters. The van der Waals surface area contributed by atoms with Crippen molar-refractivity contribution in [1.82, 2.24) is 0 Å². The van der Waals surface area contributed by atoms with E-state index < -0.39 is 0 Å². The van der Waals surface area contributed by atoms with Crippen LogP contribution in [0, 0.1) is 0 Å². The third-order valence-electron chi connectivity index (χ3n) is 7.47. The van der Waals surface area contributed by atoms with Crippen LogP contribution in [0.3, 0.4) is 0 Å². The van der Waals surface area contributed by atoms with Gasteiger partial charge in [-0.25, -0.2) is 0 Å². The lowest BCUT2D eigenvalue weighted by atomic mass is 9.79. The van der Waals surface area contributed by atoms with Crippen LogP contribution < -0.4 is 0 Å². The molecule has 0 atom stereocenters. The minimum atomic E-state index is 0.407. The highest BCUT2D eigenvalue weighted by Crippen LogP contribution is 2.46. The first kappa shape index (κ1) is 20.5. The minimum absolute atomic E-state index is 0.407. The standard InChI is InChI=1S/C28H38O/c1-6-21-16-20(5)24(7-2)26(29-23-10-8-9-11-23)17-25(21)28-19(4)13-15-22-14-12-18(3)27(22)28/h12,17,23H,6-11,13-16H2,1-5H3. The summed E-state index contributed by atoms with van der Waals surface area (Å²) in [6.07, 6.45) is 17.2. The Kier molecular flexibility index (Phi) is 6.04. The molecule has 4 aliphatic rings. The molecule has 0 spiro atoms. The van der Waals surface area contributed by atoms with Crippen LogP contribution in [0.25, 0.3) is 0 Å². The summed E-state index contributed by atoms with van der Waals surface area (Å²) < 4.78 is 6.71. The predicted molar refractivity (Wildman–Crippen MR) is 124 cm³/mol. The molecule has 1 nitrogen and oxygen atoms in total. The number of hydrogen-bond donors (Lipinski definition) is 0. The average molecular weight is 391 g/mol. The van der Waals surface area contributed by atoms with Gasteiger partial charge < -0.3 is 4.74 Å². The van der Waals surface area contributed by atoms with E-state index in [0.29, 0.717) is 6.10 Å². The van der Waals surface area contributed by atoms with Gasteiger partial charge in [0.15, 0.2) is 0 Å². The topological polar surface area (TPSA) is 9.23 Å². The van der Waals surface area contributed by atoms with E-state index in [-0.39, 0.29) is 0 Å². The monoisotopic (exact) mass is 390 g/mol. The maximum absolute atomic E-state index is 6.71. The van der Waals surface area contributed by atoms with Gasteiger partial charge in [-0.1, -0.05) is 42.2 Å². The lowest BCUT2D eigenvalue weighted by Gasteiger charge is -2.26. The molecule has 1 saturated carbocycles. The highest BCUT2D eigenvalue weighted by Gasteiger charge is 2.29. The normalized spacial score (nSPS) is 23.6. The largest absolute Gasteiger partial charge is 0.490 e. The molecule has 4 rings (SSSR count). The van der Waals surface area contributed by atoms with Crippen LogP contribution in [0.15, 0.2) is 68.1 Å². The predicted octanol–water partition coefficient (Wildman–Crippen LogP) is 8.42. The second kappa shape index (κ2) is 8.54. The van der Waals surface area contributed by atoms with Crippen molar-refractivity contribution in [3.63, 3.8) is 0 Å². The number of ether oxygens (including phenoxy) is 1. The van der Waals surface area contributed by atoms with Crippen LogP contribution in [-0.4, -0.2) is 6.10 Å². The van der Waals surface area contributed by atoms with E-state index in [1.54, 1.807) is 22.3 Å². The molecular weight excluding hydrogens is 352 g/mol. The van der Waals surface area contributed by atoms with Gasteiger partial charge in [-0.2, -0.15) is 0 Å². The average Bonchev–Trinajstić information content (AvgIpc) is 3.32. The molecule has 0 saturated heterocycles. The summed E-state index contributed by atoms with van der Waals surface area (Å²) in [4.78, 5) is 0. The van der Waals surface area contributed by atoms with Crippen LogP contribution in [0.4, 0.5) is 0 Å². The Morgan fingerprint density at radius 2 is 1.69 bits per heavy atom. The van der Waals surface area contributed by atoms with E-state index in [9.17, 15) is 0 Å². The lowest BCUT2D eigenvalue weighted by Crippen LogP contribution is -2.10. The van der Waals surface area contributed by atoms with Gasteiger partial charge >= 0.3 is 0 Å². The molecule has 4 aliphatic carbocycles. The van der Waals surface area contributed by atoms with Crippen LogP contribution in [-0.2, 0) is 4.74 Å². The van der Waals surface area contributed by atoms with Crippen LogP contribution in [0.2, 0.25) is 0 Å². The van der Waals surface area contributed by atoms with E-state index in [1.807, 2.05) is 0 Å². The third-order valence-corrected chi connectivity index (χ3v) is 7.47. The van der Waals surface area contributed by atoms with Gasteiger partial charge in [0.1, 0.15) is 5.76 Å². The summed E-state index contributed by atoms with van der Waals surface area (Å²) in [5, 5.41) is 0. The van der Waals surface area contributed by atoms with Crippen molar-refractivity contribution in [1.29, 1.82) is 0 Å². The van der Waals surface area contributed by atoms with Crippen LogP contribution >= 0.6 is 0 Å². The first-order valence-electron chi connectivity index (χ1n) is 11.9. The SMILES string of the molecule is CCC1=C(C2=C(C)CCC3=C2C(C)=CC3)C=C(OC2CCCC2)C(CC)=C(C)C1. The number of hydrogen-bond acceptors (Lipinski definition) is 1. The fourth-order valence-corrected chi connectivity index (χ4v) is 5.79. The highest BCUT2D eigenvalue weighted by molar-refractivity contribution is 5.68. The van der Waals surface area contributed by atoms with Gasteiger partial charge in [0.05, 0.1) is 6.10 Å². The summed E-state index contributed by atoms with van der Waals surface area (Å²) >= 11 is 0.